The molecule has 0 aromatic carbocycles. The van der Waals surface area contributed by atoms with Crippen molar-refractivity contribution in [3.05, 3.63) is 11.6 Å². The van der Waals surface area contributed by atoms with Crippen molar-refractivity contribution in [3.8, 4) is 0 Å². The first-order valence-corrected chi connectivity index (χ1v) is 28.8. The highest BCUT2D eigenvalue weighted by Gasteiger charge is 2.61. The van der Waals surface area contributed by atoms with Gasteiger partial charge in [0.15, 0.2) is 6.10 Å². The van der Waals surface area contributed by atoms with Gasteiger partial charge in [-0.25, -0.2) is 4.57 Å². The van der Waals surface area contributed by atoms with E-state index in [2.05, 4.69) is 27.7 Å². The average molecular weight is 935 g/mol. The van der Waals surface area contributed by atoms with Gasteiger partial charge in [0.2, 0.25) is 0 Å². The molecule has 65 heavy (non-hydrogen) atoms. The van der Waals surface area contributed by atoms with Crippen LogP contribution in [0.4, 0.5) is 0 Å². The number of unbranched alkanes of at least 4 members (excludes halogenated alkanes) is 24. The number of aliphatic hydroxyl groups is 1. The van der Waals surface area contributed by atoms with Crippen LogP contribution in [0.1, 0.15) is 252 Å². The van der Waals surface area contributed by atoms with Crippen LogP contribution in [0, 0.1) is 28.6 Å². The van der Waals surface area contributed by atoms with Crippen LogP contribution in [0.3, 0.4) is 0 Å². The number of Topliss-reactive ketones (excluding diaryl/α,β-unsaturated/α-hetero) is 1. The van der Waals surface area contributed by atoms with Gasteiger partial charge in [0, 0.05) is 24.7 Å². The van der Waals surface area contributed by atoms with E-state index in [0.717, 1.165) is 69.8 Å². The minimum absolute atomic E-state index is 0.0337. The first-order valence-electron chi connectivity index (χ1n) is 27.3. The molecule has 1 unspecified atom stereocenters. The van der Waals surface area contributed by atoms with Crippen molar-refractivity contribution < 1.29 is 47.5 Å². The number of carbonyl (C=O) groups excluding carboxylic acids is 3. The topological polar surface area (TPSA) is 146 Å². The number of aliphatic hydroxyl groups excluding tert-OH is 1. The van der Waals surface area contributed by atoms with Crippen molar-refractivity contribution in [1.29, 1.82) is 0 Å². The van der Waals surface area contributed by atoms with Gasteiger partial charge in [-0.2, -0.15) is 0 Å². The molecule has 376 valence electrons. The number of hydrogen-bond donors (Lipinski definition) is 2. The normalized spacial score (nSPS) is 27.6. The van der Waals surface area contributed by atoms with Crippen LogP contribution in [0.2, 0.25) is 0 Å². The van der Waals surface area contributed by atoms with Gasteiger partial charge in [-0.15, -0.1) is 0 Å². The highest BCUT2D eigenvalue weighted by atomic mass is 31.2. The SMILES string of the molecule is CCCCCCCCCCCCCCCC(=O)OC[C@H](COP(=O)(O)O[C@H]1CC[C@@]2(C)C(=C[C@@H](O)[C@@H]3[C@@H]2CC[C@]2(C)C(=O)CC[C@@H]32)C1)OC(=O)CCCCCCCCCCCCCCC. The second kappa shape index (κ2) is 30.1. The Morgan fingerprint density at radius 3 is 1.65 bits per heavy atom. The Balaban J connectivity index is 1.19. The van der Waals surface area contributed by atoms with E-state index >= 15 is 0 Å². The third kappa shape index (κ3) is 19.0. The Bertz CT molecular complexity index is 1470. The molecule has 0 saturated heterocycles. The zero-order chi connectivity index (χ0) is 47.0. The van der Waals surface area contributed by atoms with Gasteiger partial charge in [0.25, 0.3) is 0 Å². The van der Waals surface area contributed by atoms with E-state index in [0.29, 0.717) is 31.5 Å². The first-order chi connectivity index (χ1) is 31.3. The molecule has 0 radical (unpaired) electrons. The molecule has 10 nitrogen and oxygen atoms in total. The molecule has 0 spiro atoms. The summed E-state index contributed by atoms with van der Waals surface area (Å²) in [6.45, 7) is 8.14. The lowest BCUT2D eigenvalue weighted by atomic mass is 9.47. The predicted molar refractivity (Wildman–Crippen MR) is 260 cm³/mol. The van der Waals surface area contributed by atoms with Gasteiger partial charge in [-0.1, -0.05) is 193 Å². The molecule has 3 fully saturated rings. The Kier molecular flexibility index (Phi) is 26.0. The lowest BCUT2D eigenvalue weighted by Crippen LogP contribution is -2.54. The maximum Gasteiger partial charge on any atom is 0.472 e. The molecular weight excluding hydrogens is 840 g/mol. The summed E-state index contributed by atoms with van der Waals surface area (Å²) in [5.74, 6) is -0.0484. The largest absolute Gasteiger partial charge is 0.472 e. The second-order valence-corrected chi connectivity index (χ2v) is 22.7. The zero-order valence-electron chi connectivity index (χ0n) is 41.8. The van der Waals surface area contributed by atoms with E-state index in [1.165, 1.54) is 122 Å². The van der Waals surface area contributed by atoms with Crippen LogP contribution >= 0.6 is 7.82 Å². The maximum absolute atomic E-state index is 13.5. The molecule has 4 aliphatic carbocycles. The van der Waals surface area contributed by atoms with E-state index in [1.54, 1.807) is 0 Å². The van der Waals surface area contributed by atoms with Crippen molar-refractivity contribution in [3.63, 3.8) is 0 Å². The molecule has 4 rings (SSSR count). The van der Waals surface area contributed by atoms with Crippen molar-refractivity contribution in [2.45, 2.75) is 271 Å². The van der Waals surface area contributed by atoms with Gasteiger partial charge in [0.05, 0.1) is 18.8 Å². The molecule has 0 aromatic heterocycles. The second-order valence-electron chi connectivity index (χ2n) is 21.3. The number of esters is 2. The van der Waals surface area contributed by atoms with Crippen molar-refractivity contribution in [2.75, 3.05) is 13.2 Å². The Morgan fingerprint density at radius 2 is 1.12 bits per heavy atom. The van der Waals surface area contributed by atoms with Crippen LogP contribution in [-0.4, -0.2) is 59.2 Å². The summed E-state index contributed by atoms with van der Waals surface area (Å²) in [4.78, 5) is 49.6. The molecule has 0 amide bonds. The monoisotopic (exact) mass is 935 g/mol. The molecule has 3 saturated carbocycles. The Morgan fingerprint density at radius 1 is 0.662 bits per heavy atom. The summed E-state index contributed by atoms with van der Waals surface area (Å²) in [5.41, 5.74) is 0.513. The number of phosphoric ester groups is 1. The molecule has 9 atom stereocenters. The van der Waals surface area contributed by atoms with Crippen molar-refractivity contribution >= 4 is 25.5 Å². The van der Waals surface area contributed by atoms with E-state index in [-0.39, 0.29) is 54.0 Å². The van der Waals surface area contributed by atoms with Crippen molar-refractivity contribution in [1.82, 2.24) is 0 Å². The van der Waals surface area contributed by atoms with Crippen molar-refractivity contribution in [2.24, 2.45) is 28.6 Å². The number of ether oxygens (including phenoxy) is 2. The van der Waals surface area contributed by atoms with E-state index in [1.807, 2.05) is 6.08 Å². The molecule has 0 bridgehead atoms. The zero-order valence-corrected chi connectivity index (χ0v) is 42.7. The molecule has 11 heteroatoms. The summed E-state index contributed by atoms with van der Waals surface area (Å²) in [6.07, 6.45) is 36.3. The predicted octanol–water partition coefficient (Wildman–Crippen LogP) is 14.4. The van der Waals surface area contributed by atoms with E-state index < -0.39 is 38.7 Å². The summed E-state index contributed by atoms with van der Waals surface area (Å²) < 4.78 is 36.0. The first kappa shape index (κ1) is 56.0. The van der Waals surface area contributed by atoms with Crippen LogP contribution in [0.15, 0.2) is 11.6 Å². The van der Waals surface area contributed by atoms with Gasteiger partial charge in [0.1, 0.15) is 12.4 Å². The molecule has 4 aliphatic rings. The summed E-state index contributed by atoms with van der Waals surface area (Å²) in [5, 5.41) is 11.5. The lowest BCUT2D eigenvalue weighted by Gasteiger charge is -2.58. The number of ketones is 1. The number of hydrogen-bond acceptors (Lipinski definition) is 9. The van der Waals surface area contributed by atoms with Gasteiger partial charge in [-0.05, 0) is 74.5 Å². The molecule has 0 heterocycles. The van der Waals surface area contributed by atoms with Crippen LogP contribution in [0.25, 0.3) is 0 Å². The Hall–Kier alpha value is -1.58. The summed E-state index contributed by atoms with van der Waals surface area (Å²) >= 11 is 0. The van der Waals surface area contributed by atoms with Gasteiger partial charge < -0.3 is 19.5 Å². The maximum atomic E-state index is 13.5. The highest BCUT2D eigenvalue weighted by Crippen LogP contribution is 2.64. The average Bonchev–Trinajstić information content (AvgIpc) is 3.58. The molecular formula is C54H95O10P. The van der Waals surface area contributed by atoms with Gasteiger partial charge >= 0.3 is 19.8 Å². The lowest BCUT2D eigenvalue weighted by molar-refractivity contribution is -0.161. The number of phosphoric acid groups is 1. The highest BCUT2D eigenvalue weighted by molar-refractivity contribution is 7.47. The minimum Gasteiger partial charge on any atom is -0.462 e. The fourth-order valence-corrected chi connectivity index (χ4v) is 13.0. The van der Waals surface area contributed by atoms with E-state index in [9.17, 15) is 28.9 Å². The third-order valence-electron chi connectivity index (χ3n) is 16.2. The smallest absolute Gasteiger partial charge is 0.462 e. The fraction of sp³-hybridized carbons (Fsp3) is 0.907. The standard InChI is InChI=1S/C54H95O10P/c1-5-7-9-11-13-15-17-19-21-23-25-27-29-31-50(57)61-41-45(63-51(58)32-30-28-26-24-22-20-18-16-14-12-10-8-6-2)42-62-65(59,60)64-44-35-37-53(3)43(39-44)40-48(55)52-46-33-34-49(56)54(46,4)38-36-47(52)53/h40,44-48,52,55H,5-39,41-42H2,1-4H3,(H,59,60)/t44-,45+,46-,47-,48+,52-,53-,54-/m0/s1. The fourth-order valence-electron chi connectivity index (χ4n) is 12.1. The third-order valence-corrected chi connectivity index (χ3v) is 17.2. The summed E-state index contributed by atoms with van der Waals surface area (Å²) in [6, 6.07) is 0. The van der Waals surface area contributed by atoms with Crippen LogP contribution < -0.4 is 0 Å². The van der Waals surface area contributed by atoms with Gasteiger partial charge in [-0.3, -0.25) is 23.4 Å². The number of fused-ring (bicyclic) bond motifs is 5. The quantitative estimate of drug-likeness (QED) is 0.0269. The Labute approximate surface area is 395 Å². The summed E-state index contributed by atoms with van der Waals surface area (Å²) in [7, 11) is -4.60. The molecule has 0 aliphatic heterocycles. The number of carbonyl (C=O) groups is 3. The van der Waals surface area contributed by atoms with Crippen LogP contribution in [-0.2, 0) is 37.5 Å². The van der Waals surface area contributed by atoms with Crippen LogP contribution in [0.5, 0.6) is 0 Å². The molecule has 0 aromatic rings. The minimum atomic E-state index is -4.60. The number of rotatable bonds is 36. The van der Waals surface area contributed by atoms with E-state index in [4.69, 9.17) is 18.5 Å². The molecule has 2 N–H and O–H groups in total.